The van der Waals surface area contributed by atoms with Crippen LogP contribution in [0.15, 0.2) is 24.3 Å². The van der Waals surface area contributed by atoms with E-state index in [1.165, 1.54) is 0 Å². The molecule has 0 unspecified atom stereocenters. The summed E-state index contributed by atoms with van der Waals surface area (Å²) in [6.45, 7) is 6.88. The number of benzene rings is 1. The lowest BCUT2D eigenvalue weighted by Crippen LogP contribution is -2.46. The maximum atomic E-state index is 13.0. The standard InChI is InChI=1S/C22H28ClN5O2/c1-15-7-11-26(12-8-15)21(29)17-9-13-27(14-10-17)22(30)20-24-16(2)28(25-20)19-6-4-3-5-18(19)23/h3-6,15,17H,7-14H2,1-2H3. The summed E-state index contributed by atoms with van der Waals surface area (Å²) in [5.41, 5.74) is 0.698. The number of hydrogen-bond acceptors (Lipinski definition) is 4. The van der Waals surface area contributed by atoms with Gasteiger partial charge >= 0.3 is 0 Å². The summed E-state index contributed by atoms with van der Waals surface area (Å²) < 4.78 is 1.60. The fourth-order valence-corrected chi connectivity index (χ4v) is 4.51. The molecule has 0 aliphatic carbocycles. The number of nitrogens with zero attached hydrogens (tertiary/aromatic N) is 5. The minimum atomic E-state index is -0.193. The second-order valence-corrected chi connectivity index (χ2v) is 8.83. The van der Waals surface area contributed by atoms with E-state index < -0.39 is 0 Å². The number of aryl methyl sites for hydroxylation is 1. The van der Waals surface area contributed by atoms with Crippen LogP contribution in [-0.4, -0.2) is 62.6 Å². The largest absolute Gasteiger partial charge is 0.342 e. The number of likely N-dealkylation sites (tertiary alicyclic amines) is 2. The van der Waals surface area contributed by atoms with Crippen molar-refractivity contribution >= 4 is 23.4 Å². The van der Waals surface area contributed by atoms with E-state index in [-0.39, 0.29) is 23.6 Å². The van der Waals surface area contributed by atoms with Crippen LogP contribution >= 0.6 is 11.6 Å². The number of halogens is 1. The molecule has 0 spiro atoms. The monoisotopic (exact) mass is 429 g/mol. The van der Waals surface area contributed by atoms with Crippen LogP contribution in [-0.2, 0) is 4.79 Å². The Hall–Kier alpha value is -2.41. The normalized spacial score (nSPS) is 18.6. The summed E-state index contributed by atoms with van der Waals surface area (Å²) in [5.74, 6) is 1.55. The number of carbonyl (C=O) groups excluding carboxylic acids is 2. The van der Waals surface area contributed by atoms with Gasteiger partial charge in [-0.05, 0) is 50.7 Å². The van der Waals surface area contributed by atoms with Crippen LogP contribution in [0.5, 0.6) is 0 Å². The fraction of sp³-hybridized carbons (Fsp3) is 0.545. The van der Waals surface area contributed by atoms with Gasteiger partial charge in [0.1, 0.15) is 5.82 Å². The van der Waals surface area contributed by atoms with Crippen molar-refractivity contribution in [1.29, 1.82) is 0 Å². The molecule has 1 aromatic carbocycles. The first-order valence-electron chi connectivity index (χ1n) is 10.7. The molecule has 2 aliphatic rings. The molecule has 0 bridgehead atoms. The molecule has 8 heteroatoms. The van der Waals surface area contributed by atoms with Gasteiger partial charge in [0.15, 0.2) is 0 Å². The molecule has 2 amide bonds. The molecule has 2 saturated heterocycles. The molecule has 30 heavy (non-hydrogen) atoms. The van der Waals surface area contributed by atoms with Gasteiger partial charge in [-0.3, -0.25) is 9.59 Å². The molecule has 3 heterocycles. The number of carbonyl (C=O) groups is 2. The van der Waals surface area contributed by atoms with E-state index >= 15 is 0 Å². The summed E-state index contributed by atoms with van der Waals surface area (Å²) >= 11 is 6.27. The van der Waals surface area contributed by atoms with Gasteiger partial charge in [-0.2, -0.15) is 0 Å². The van der Waals surface area contributed by atoms with Gasteiger partial charge in [0.2, 0.25) is 11.7 Å². The minimum Gasteiger partial charge on any atom is -0.342 e. The molecular formula is C22H28ClN5O2. The van der Waals surface area contributed by atoms with Crippen molar-refractivity contribution in [3.05, 3.63) is 40.9 Å². The van der Waals surface area contributed by atoms with Crippen molar-refractivity contribution in [2.45, 2.75) is 39.5 Å². The molecule has 0 atom stereocenters. The Morgan fingerprint density at radius 3 is 2.30 bits per heavy atom. The first-order chi connectivity index (χ1) is 14.4. The highest BCUT2D eigenvalue weighted by Crippen LogP contribution is 2.25. The predicted octanol–water partition coefficient (Wildman–Crippen LogP) is 3.34. The maximum Gasteiger partial charge on any atom is 0.293 e. The molecule has 2 fully saturated rings. The van der Waals surface area contributed by atoms with Crippen molar-refractivity contribution < 1.29 is 9.59 Å². The number of piperidine rings is 2. The lowest BCUT2D eigenvalue weighted by molar-refractivity contribution is -0.138. The number of para-hydroxylation sites is 1. The zero-order chi connectivity index (χ0) is 21.3. The van der Waals surface area contributed by atoms with Crippen LogP contribution in [0.1, 0.15) is 49.1 Å². The molecule has 2 aromatic rings. The summed E-state index contributed by atoms with van der Waals surface area (Å²) in [5, 5.41) is 4.96. The SMILES string of the molecule is Cc1nc(C(=O)N2CCC(C(=O)N3CCC(C)CC3)CC2)nn1-c1ccccc1Cl. The van der Waals surface area contributed by atoms with Crippen LogP contribution in [0, 0.1) is 18.8 Å². The van der Waals surface area contributed by atoms with Gasteiger partial charge in [0.05, 0.1) is 10.7 Å². The van der Waals surface area contributed by atoms with Gasteiger partial charge < -0.3 is 9.80 Å². The molecule has 0 N–H and O–H groups in total. The molecule has 4 rings (SSSR count). The lowest BCUT2D eigenvalue weighted by Gasteiger charge is -2.36. The molecule has 7 nitrogen and oxygen atoms in total. The summed E-state index contributed by atoms with van der Waals surface area (Å²) in [6.07, 6.45) is 3.56. The van der Waals surface area contributed by atoms with Gasteiger partial charge in [-0.1, -0.05) is 30.7 Å². The Kier molecular flexibility index (Phi) is 6.09. The molecule has 1 aromatic heterocycles. The van der Waals surface area contributed by atoms with E-state index in [9.17, 15) is 9.59 Å². The van der Waals surface area contributed by atoms with Gasteiger partial charge in [0.25, 0.3) is 5.91 Å². The predicted molar refractivity (Wildman–Crippen MR) is 115 cm³/mol. The van der Waals surface area contributed by atoms with Crippen LogP contribution in [0.25, 0.3) is 5.69 Å². The molecule has 160 valence electrons. The van der Waals surface area contributed by atoms with Crippen molar-refractivity contribution in [3.8, 4) is 5.69 Å². The first-order valence-corrected chi connectivity index (χ1v) is 11.1. The average molecular weight is 430 g/mol. The molecule has 0 radical (unpaired) electrons. The Labute approximate surface area is 182 Å². The highest BCUT2D eigenvalue weighted by molar-refractivity contribution is 6.32. The number of hydrogen-bond donors (Lipinski definition) is 0. The van der Waals surface area contributed by atoms with E-state index in [0.29, 0.717) is 48.4 Å². The third-order valence-electron chi connectivity index (χ3n) is 6.27. The fourth-order valence-electron chi connectivity index (χ4n) is 4.29. The van der Waals surface area contributed by atoms with E-state index in [1.54, 1.807) is 22.6 Å². The second-order valence-electron chi connectivity index (χ2n) is 8.42. The van der Waals surface area contributed by atoms with Crippen LogP contribution in [0.2, 0.25) is 5.02 Å². The van der Waals surface area contributed by atoms with E-state index in [0.717, 1.165) is 25.9 Å². The van der Waals surface area contributed by atoms with E-state index in [2.05, 4.69) is 17.0 Å². The highest BCUT2D eigenvalue weighted by Gasteiger charge is 2.33. The minimum absolute atomic E-state index is 0.0119. The summed E-state index contributed by atoms with van der Waals surface area (Å²) in [6, 6.07) is 7.34. The van der Waals surface area contributed by atoms with E-state index in [4.69, 9.17) is 11.6 Å². The van der Waals surface area contributed by atoms with E-state index in [1.807, 2.05) is 23.1 Å². The number of amides is 2. The van der Waals surface area contributed by atoms with Crippen LogP contribution < -0.4 is 0 Å². The van der Waals surface area contributed by atoms with Crippen molar-refractivity contribution in [1.82, 2.24) is 24.6 Å². The highest BCUT2D eigenvalue weighted by atomic mass is 35.5. The zero-order valence-corrected chi connectivity index (χ0v) is 18.3. The molecular weight excluding hydrogens is 402 g/mol. The third-order valence-corrected chi connectivity index (χ3v) is 6.59. The van der Waals surface area contributed by atoms with Crippen molar-refractivity contribution in [2.24, 2.45) is 11.8 Å². The second kappa shape index (κ2) is 8.76. The maximum absolute atomic E-state index is 13.0. The van der Waals surface area contributed by atoms with Crippen molar-refractivity contribution in [3.63, 3.8) is 0 Å². The molecule has 0 saturated carbocycles. The Balaban J connectivity index is 1.38. The van der Waals surface area contributed by atoms with Crippen LogP contribution in [0.3, 0.4) is 0 Å². The summed E-state index contributed by atoms with van der Waals surface area (Å²) in [7, 11) is 0. The third kappa shape index (κ3) is 4.21. The lowest BCUT2D eigenvalue weighted by atomic mass is 9.92. The first kappa shape index (κ1) is 20.8. The Bertz CT molecular complexity index is 927. The smallest absolute Gasteiger partial charge is 0.293 e. The summed E-state index contributed by atoms with van der Waals surface area (Å²) in [4.78, 5) is 33.9. The Morgan fingerprint density at radius 2 is 1.63 bits per heavy atom. The quantitative estimate of drug-likeness (QED) is 0.750. The number of rotatable bonds is 3. The molecule has 2 aliphatic heterocycles. The average Bonchev–Trinajstić information content (AvgIpc) is 3.15. The van der Waals surface area contributed by atoms with Crippen LogP contribution in [0.4, 0.5) is 0 Å². The van der Waals surface area contributed by atoms with Crippen molar-refractivity contribution in [2.75, 3.05) is 26.2 Å². The van der Waals surface area contributed by atoms with Gasteiger partial charge in [-0.15, -0.1) is 5.10 Å². The number of aromatic nitrogens is 3. The van der Waals surface area contributed by atoms with Gasteiger partial charge in [0, 0.05) is 32.1 Å². The van der Waals surface area contributed by atoms with Gasteiger partial charge in [-0.25, -0.2) is 9.67 Å². The topological polar surface area (TPSA) is 71.3 Å². The Morgan fingerprint density at radius 1 is 1.00 bits per heavy atom. The zero-order valence-electron chi connectivity index (χ0n) is 17.6.